The molecule has 0 bridgehead atoms. The van der Waals surface area contributed by atoms with E-state index in [1.165, 1.54) is 25.7 Å². The highest BCUT2D eigenvalue weighted by atomic mass is 16.5. The summed E-state index contributed by atoms with van der Waals surface area (Å²) in [5.74, 6) is 1.48. The van der Waals surface area contributed by atoms with Gasteiger partial charge in [0.05, 0.1) is 6.10 Å². The number of rotatable bonds is 2. The summed E-state index contributed by atoms with van der Waals surface area (Å²) in [6, 6.07) is 2.15. The van der Waals surface area contributed by atoms with E-state index in [4.69, 9.17) is 4.74 Å². The normalized spacial score (nSPS) is 31.0. The monoisotopic (exact) mass is 303 g/mol. The van der Waals surface area contributed by atoms with Gasteiger partial charge in [-0.2, -0.15) is 0 Å². The lowest BCUT2D eigenvalue weighted by Crippen LogP contribution is -2.46. The average molecular weight is 303 g/mol. The number of aliphatic hydroxyl groups is 1. The summed E-state index contributed by atoms with van der Waals surface area (Å²) >= 11 is 0. The van der Waals surface area contributed by atoms with Crippen LogP contribution in [-0.2, 0) is 4.74 Å². The Kier molecular flexibility index (Phi) is 3.78. The highest BCUT2D eigenvalue weighted by Gasteiger charge is 2.37. The van der Waals surface area contributed by atoms with Gasteiger partial charge in [0.1, 0.15) is 12.1 Å². The predicted molar refractivity (Wildman–Crippen MR) is 83.9 cm³/mol. The Morgan fingerprint density at radius 3 is 2.77 bits per heavy atom. The molecule has 3 heterocycles. The molecule has 0 unspecified atom stereocenters. The Morgan fingerprint density at radius 2 is 2.00 bits per heavy atom. The van der Waals surface area contributed by atoms with Gasteiger partial charge in [-0.25, -0.2) is 9.97 Å². The maximum atomic E-state index is 9.50. The summed E-state index contributed by atoms with van der Waals surface area (Å²) in [5.41, 5.74) is 1.52. The molecule has 22 heavy (non-hydrogen) atoms. The van der Waals surface area contributed by atoms with Crippen LogP contribution in [0.2, 0.25) is 0 Å². The van der Waals surface area contributed by atoms with Crippen LogP contribution >= 0.6 is 0 Å². The second-order valence-corrected chi connectivity index (χ2v) is 7.26. The first-order valence-electron chi connectivity index (χ1n) is 8.57. The van der Waals surface area contributed by atoms with E-state index in [-0.39, 0.29) is 6.10 Å². The molecule has 0 aromatic carbocycles. The fraction of sp³-hybridized carbons (Fsp3) is 0.765. The standard InChI is InChI=1S/C17H25N3O2/c21-14-8-13(9-14)15-10-16(19-12-18-15)20-5-1-2-17(11-20)3-6-22-7-4-17/h10,12-14,21H,1-9,11H2. The smallest absolute Gasteiger partial charge is 0.132 e. The van der Waals surface area contributed by atoms with Crippen LogP contribution in [0.4, 0.5) is 5.82 Å². The second kappa shape index (κ2) is 5.78. The molecule has 5 nitrogen and oxygen atoms in total. The van der Waals surface area contributed by atoms with Gasteiger partial charge in [-0.3, -0.25) is 0 Å². The Labute approximate surface area is 131 Å². The summed E-state index contributed by atoms with van der Waals surface area (Å²) < 4.78 is 5.55. The summed E-state index contributed by atoms with van der Waals surface area (Å²) in [7, 11) is 0. The lowest BCUT2D eigenvalue weighted by atomic mass is 9.74. The van der Waals surface area contributed by atoms with E-state index in [1.54, 1.807) is 6.33 Å². The van der Waals surface area contributed by atoms with E-state index in [2.05, 4.69) is 20.9 Å². The molecule has 120 valence electrons. The summed E-state index contributed by atoms with van der Waals surface area (Å²) in [6.07, 6.45) is 8.16. The van der Waals surface area contributed by atoms with Gasteiger partial charge in [-0.1, -0.05) is 0 Å². The molecular weight excluding hydrogens is 278 g/mol. The first-order valence-corrected chi connectivity index (χ1v) is 8.57. The molecule has 4 rings (SSSR count). The molecule has 2 aliphatic heterocycles. The Balaban J connectivity index is 1.50. The van der Waals surface area contributed by atoms with E-state index < -0.39 is 0 Å². The van der Waals surface area contributed by atoms with Gasteiger partial charge >= 0.3 is 0 Å². The number of aromatic nitrogens is 2. The van der Waals surface area contributed by atoms with Crippen molar-refractivity contribution in [2.24, 2.45) is 5.41 Å². The van der Waals surface area contributed by atoms with Gasteiger partial charge in [-0.15, -0.1) is 0 Å². The fourth-order valence-corrected chi connectivity index (χ4v) is 4.20. The molecule has 1 saturated carbocycles. The maximum Gasteiger partial charge on any atom is 0.132 e. The SMILES string of the molecule is OC1CC(c2cc(N3CCCC4(CCOCC4)C3)ncn2)C1. The van der Waals surface area contributed by atoms with Crippen molar-refractivity contribution in [3.8, 4) is 0 Å². The number of piperidine rings is 1. The molecule has 5 heteroatoms. The van der Waals surface area contributed by atoms with Crippen molar-refractivity contribution in [1.29, 1.82) is 0 Å². The first-order chi connectivity index (χ1) is 10.7. The van der Waals surface area contributed by atoms with Crippen LogP contribution in [0.1, 0.15) is 50.1 Å². The minimum Gasteiger partial charge on any atom is -0.393 e. The number of ether oxygens (including phenoxy) is 1. The Hall–Kier alpha value is -1.20. The summed E-state index contributed by atoms with van der Waals surface area (Å²) in [5, 5.41) is 9.50. The molecule has 1 aromatic heterocycles. The van der Waals surface area contributed by atoms with E-state index in [1.807, 2.05) is 0 Å². The van der Waals surface area contributed by atoms with E-state index in [9.17, 15) is 5.11 Å². The molecule has 1 spiro atoms. The highest BCUT2D eigenvalue weighted by molar-refractivity contribution is 5.41. The topological polar surface area (TPSA) is 58.5 Å². The minimum absolute atomic E-state index is 0.135. The fourth-order valence-electron chi connectivity index (χ4n) is 4.20. The number of hydrogen-bond donors (Lipinski definition) is 1. The predicted octanol–water partition coefficient (Wildman–Crippen LogP) is 2.11. The zero-order chi connectivity index (χ0) is 15.0. The van der Waals surface area contributed by atoms with Crippen LogP contribution in [0.5, 0.6) is 0 Å². The zero-order valence-electron chi connectivity index (χ0n) is 13.1. The van der Waals surface area contributed by atoms with Crippen LogP contribution in [-0.4, -0.2) is 47.5 Å². The lowest BCUT2D eigenvalue weighted by molar-refractivity contribution is 0.00746. The highest BCUT2D eigenvalue weighted by Crippen LogP contribution is 2.41. The van der Waals surface area contributed by atoms with E-state index in [0.29, 0.717) is 11.3 Å². The lowest BCUT2D eigenvalue weighted by Gasteiger charge is -2.45. The molecule has 3 aliphatic rings. The maximum absolute atomic E-state index is 9.50. The van der Waals surface area contributed by atoms with Gasteiger partial charge in [0.2, 0.25) is 0 Å². The van der Waals surface area contributed by atoms with Gasteiger partial charge < -0.3 is 14.7 Å². The number of nitrogens with zero attached hydrogens (tertiary/aromatic N) is 3. The molecule has 3 fully saturated rings. The molecule has 1 aromatic rings. The number of anilines is 1. The minimum atomic E-state index is -0.135. The third-order valence-corrected chi connectivity index (χ3v) is 5.74. The number of aliphatic hydroxyl groups excluding tert-OH is 1. The van der Waals surface area contributed by atoms with Crippen LogP contribution in [0.25, 0.3) is 0 Å². The van der Waals surface area contributed by atoms with Crippen molar-refractivity contribution in [3.05, 3.63) is 18.1 Å². The van der Waals surface area contributed by atoms with Crippen LogP contribution in [0.15, 0.2) is 12.4 Å². The first kappa shape index (κ1) is 14.4. The van der Waals surface area contributed by atoms with Crippen LogP contribution in [0.3, 0.4) is 0 Å². The van der Waals surface area contributed by atoms with Gasteiger partial charge in [0, 0.05) is 44.0 Å². The summed E-state index contributed by atoms with van der Waals surface area (Å²) in [4.78, 5) is 11.4. The largest absolute Gasteiger partial charge is 0.393 e. The third kappa shape index (κ3) is 2.72. The zero-order valence-corrected chi connectivity index (χ0v) is 13.1. The molecule has 0 atom stereocenters. The average Bonchev–Trinajstić information content (AvgIpc) is 2.53. The van der Waals surface area contributed by atoms with Gasteiger partial charge in [0.25, 0.3) is 0 Å². The molecule has 2 saturated heterocycles. The Morgan fingerprint density at radius 1 is 1.18 bits per heavy atom. The molecule has 1 aliphatic carbocycles. The van der Waals surface area contributed by atoms with Gasteiger partial charge in [0.15, 0.2) is 0 Å². The van der Waals surface area contributed by atoms with E-state index >= 15 is 0 Å². The van der Waals surface area contributed by atoms with Crippen molar-refractivity contribution in [1.82, 2.24) is 9.97 Å². The molecule has 0 radical (unpaired) electrons. The number of hydrogen-bond acceptors (Lipinski definition) is 5. The summed E-state index contributed by atoms with van der Waals surface area (Å²) in [6.45, 7) is 4.00. The molecule has 1 N–H and O–H groups in total. The van der Waals surface area contributed by atoms with Crippen molar-refractivity contribution >= 4 is 5.82 Å². The molecular formula is C17H25N3O2. The van der Waals surface area contributed by atoms with Crippen molar-refractivity contribution in [2.45, 2.75) is 50.5 Å². The van der Waals surface area contributed by atoms with Crippen molar-refractivity contribution in [3.63, 3.8) is 0 Å². The van der Waals surface area contributed by atoms with E-state index in [0.717, 1.165) is 50.7 Å². The van der Waals surface area contributed by atoms with Gasteiger partial charge in [-0.05, 0) is 43.9 Å². The van der Waals surface area contributed by atoms with Crippen LogP contribution in [0, 0.1) is 5.41 Å². The van der Waals surface area contributed by atoms with Crippen LogP contribution < -0.4 is 4.90 Å². The van der Waals surface area contributed by atoms with Crippen molar-refractivity contribution in [2.75, 3.05) is 31.2 Å². The molecule has 0 amide bonds. The quantitative estimate of drug-likeness (QED) is 0.907. The third-order valence-electron chi connectivity index (χ3n) is 5.74. The Bertz CT molecular complexity index is 519. The second-order valence-electron chi connectivity index (χ2n) is 7.26. The van der Waals surface area contributed by atoms with Crippen molar-refractivity contribution < 1.29 is 9.84 Å².